The minimum absolute atomic E-state index is 0.196. The molecule has 0 fully saturated rings. The molecule has 1 rings (SSSR count). The van der Waals surface area contributed by atoms with Crippen molar-refractivity contribution in [1.82, 2.24) is 4.98 Å². The second-order valence-electron chi connectivity index (χ2n) is 1.98. The van der Waals surface area contributed by atoms with E-state index in [0.29, 0.717) is 5.69 Å². The summed E-state index contributed by atoms with van der Waals surface area (Å²) in [6.07, 6.45) is 1.30. The van der Waals surface area contributed by atoms with Gasteiger partial charge in [-0.15, -0.1) is 0 Å². The Kier molecular flexibility index (Phi) is 2.28. The highest BCUT2D eigenvalue weighted by molar-refractivity contribution is 5.36. The van der Waals surface area contributed by atoms with E-state index in [1.165, 1.54) is 19.4 Å². The van der Waals surface area contributed by atoms with Crippen molar-refractivity contribution in [3.05, 3.63) is 18.0 Å². The van der Waals surface area contributed by atoms with Gasteiger partial charge in [0.1, 0.15) is 5.75 Å². The maximum absolute atomic E-state index is 11.0. The molecule has 4 heteroatoms. The van der Waals surface area contributed by atoms with Crippen molar-refractivity contribution in [3.8, 4) is 11.5 Å². The molecule has 0 unspecified atom stereocenters. The van der Waals surface area contributed by atoms with Gasteiger partial charge >= 0.3 is 0 Å². The topological polar surface area (TPSA) is 65.4 Å². The van der Waals surface area contributed by atoms with Crippen molar-refractivity contribution in [2.75, 3.05) is 7.11 Å². The number of pyridine rings is 1. The molecule has 0 aliphatic rings. The fourth-order valence-corrected chi connectivity index (χ4v) is 0.705. The Bertz CT molecular complexity index is 249. The van der Waals surface area contributed by atoms with E-state index in [-0.39, 0.29) is 18.1 Å². The number of aliphatic hydroxyl groups excluding tert-OH is 1. The van der Waals surface area contributed by atoms with Crippen LogP contribution in [0.15, 0.2) is 12.3 Å². The van der Waals surface area contributed by atoms with Gasteiger partial charge in [0.05, 0.1) is 25.6 Å². The monoisotopic (exact) mass is 154 g/mol. The van der Waals surface area contributed by atoms with Gasteiger partial charge in [-0.25, -0.2) is 0 Å². The molecular formula is C7H8NO3-. The number of rotatable bonds is 2. The zero-order valence-electron chi connectivity index (χ0n) is 6.07. The minimum Gasteiger partial charge on any atom is -0.870 e. The highest BCUT2D eigenvalue weighted by Crippen LogP contribution is 2.20. The summed E-state index contributed by atoms with van der Waals surface area (Å²) in [7, 11) is 1.40. The molecule has 1 aromatic heterocycles. The van der Waals surface area contributed by atoms with E-state index < -0.39 is 0 Å². The molecule has 0 aliphatic carbocycles. The zero-order chi connectivity index (χ0) is 8.27. The lowest BCUT2D eigenvalue weighted by Crippen LogP contribution is -1.98. The van der Waals surface area contributed by atoms with Gasteiger partial charge in [0.15, 0.2) is 0 Å². The summed E-state index contributed by atoms with van der Waals surface area (Å²) in [4.78, 5) is 3.75. The minimum atomic E-state index is -0.258. The number of aliphatic hydroxyl groups is 1. The first kappa shape index (κ1) is 7.81. The van der Waals surface area contributed by atoms with Gasteiger partial charge in [-0.3, -0.25) is 4.98 Å². The quantitative estimate of drug-likeness (QED) is 0.632. The number of methoxy groups -OCH3 is 1. The third kappa shape index (κ3) is 1.59. The van der Waals surface area contributed by atoms with Crippen LogP contribution in [0.1, 0.15) is 5.69 Å². The van der Waals surface area contributed by atoms with E-state index in [1.54, 1.807) is 0 Å². The first-order chi connectivity index (χ1) is 5.27. The summed E-state index contributed by atoms with van der Waals surface area (Å²) in [5.74, 6) is -0.0613. The number of nitrogens with zero attached hydrogens (tertiary/aromatic N) is 1. The molecule has 1 N–H and O–H groups in total. The van der Waals surface area contributed by atoms with Crippen LogP contribution in [0.5, 0.6) is 11.5 Å². The Hall–Kier alpha value is -1.29. The summed E-state index contributed by atoms with van der Waals surface area (Å²) in [6.45, 7) is -0.223. The SMILES string of the molecule is COc1cnc(CO)cc1[O-]. The molecule has 0 saturated carbocycles. The van der Waals surface area contributed by atoms with E-state index in [2.05, 4.69) is 9.72 Å². The van der Waals surface area contributed by atoms with Crippen LogP contribution in [0.3, 0.4) is 0 Å². The summed E-state index contributed by atoms with van der Waals surface area (Å²) in [5.41, 5.74) is 0.357. The Labute approximate surface area is 64.1 Å². The van der Waals surface area contributed by atoms with Crippen molar-refractivity contribution < 1.29 is 14.9 Å². The molecule has 0 atom stereocenters. The van der Waals surface area contributed by atoms with Crippen molar-refractivity contribution in [2.24, 2.45) is 0 Å². The van der Waals surface area contributed by atoms with Crippen LogP contribution in [0.4, 0.5) is 0 Å². The maximum Gasteiger partial charge on any atom is 0.129 e. The molecule has 0 radical (unpaired) electrons. The molecule has 0 amide bonds. The summed E-state index contributed by atoms with van der Waals surface area (Å²) in [6, 6.07) is 1.25. The number of ether oxygens (including phenoxy) is 1. The van der Waals surface area contributed by atoms with Gasteiger partial charge in [0, 0.05) is 0 Å². The average Bonchev–Trinajstić information content (AvgIpc) is 2.04. The fourth-order valence-electron chi connectivity index (χ4n) is 0.705. The highest BCUT2D eigenvalue weighted by atomic mass is 16.5. The lowest BCUT2D eigenvalue weighted by Gasteiger charge is -2.11. The lowest BCUT2D eigenvalue weighted by molar-refractivity contribution is -0.270. The lowest BCUT2D eigenvalue weighted by atomic mass is 10.3. The van der Waals surface area contributed by atoms with E-state index in [9.17, 15) is 5.11 Å². The third-order valence-electron chi connectivity index (χ3n) is 1.27. The van der Waals surface area contributed by atoms with Crippen LogP contribution in [0.2, 0.25) is 0 Å². The number of hydrogen-bond acceptors (Lipinski definition) is 4. The van der Waals surface area contributed by atoms with Gasteiger partial charge in [0.25, 0.3) is 0 Å². The van der Waals surface area contributed by atoms with Crippen molar-refractivity contribution in [2.45, 2.75) is 6.61 Å². The molecule has 0 aromatic carbocycles. The van der Waals surface area contributed by atoms with E-state index in [1.807, 2.05) is 0 Å². The molecule has 11 heavy (non-hydrogen) atoms. The molecule has 1 heterocycles. The van der Waals surface area contributed by atoms with Crippen LogP contribution in [0.25, 0.3) is 0 Å². The fraction of sp³-hybridized carbons (Fsp3) is 0.286. The van der Waals surface area contributed by atoms with Crippen LogP contribution < -0.4 is 9.84 Å². The maximum atomic E-state index is 11.0. The standard InChI is InChI=1S/C7H9NO3/c1-11-7-3-8-5(4-9)2-6(7)10/h2-3,9H,4H2,1H3,(H,8,10)/p-1. The molecule has 60 valence electrons. The van der Waals surface area contributed by atoms with Gasteiger partial charge in [0.2, 0.25) is 0 Å². The Morgan fingerprint density at radius 2 is 2.45 bits per heavy atom. The van der Waals surface area contributed by atoms with E-state index in [0.717, 1.165) is 0 Å². The smallest absolute Gasteiger partial charge is 0.129 e. The van der Waals surface area contributed by atoms with Crippen LogP contribution >= 0.6 is 0 Å². The first-order valence-electron chi connectivity index (χ1n) is 3.08. The van der Waals surface area contributed by atoms with Gasteiger partial charge in [-0.2, -0.15) is 0 Å². The van der Waals surface area contributed by atoms with E-state index >= 15 is 0 Å². The van der Waals surface area contributed by atoms with Crippen LogP contribution in [-0.2, 0) is 6.61 Å². The summed E-state index contributed by atoms with van der Waals surface area (Å²) < 4.78 is 4.69. The molecule has 4 nitrogen and oxygen atoms in total. The Morgan fingerprint density at radius 1 is 1.73 bits per heavy atom. The van der Waals surface area contributed by atoms with Crippen molar-refractivity contribution in [1.29, 1.82) is 0 Å². The molecule has 1 aromatic rings. The van der Waals surface area contributed by atoms with Crippen LogP contribution in [-0.4, -0.2) is 17.2 Å². The van der Waals surface area contributed by atoms with Crippen LogP contribution in [0, 0.1) is 0 Å². The second-order valence-corrected chi connectivity index (χ2v) is 1.98. The van der Waals surface area contributed by atoms with E-state index in [4.69, 9.17) is 5.11 Å². The summed E-state index contributed by atoms with van der Waals surface area (Å²) >= 11 is 0. The Morgan fingerprint density at radius 3 is 2.91 bits per heavy atom. The van der Waals surface area contributed by atoms with Crippen molar-refractivity contribution in [3.63, 3.8) is 0 Å². The molecule has 0 bridgehead atoms. The second kappa shape index (κ2) is 3.21. The largest absolute Gasteiger partial charge is 0.870 e. The number of aromatic nitrogens is 1. The van der Waals surface area contributed by atoms with Gasteiger partial charge in [-0.1, -0.05) is 5.75 Å². The zero-order valence-corrected chi connectivity index (χ0v) is 6.07. The normalized spacial score (nSPS) is 9.64. The first-order valence-corrected chi connectivity index (χ1v) is 3.08. The van der Waals surface area contributed by atoms with Gasteiger partial charge < -0.3 is 14.9 Å². The molecule has 0 spiro atoms. The van der Waals surface area contributed by atoms with Crippen molar-refractivity contribution >= 4 is 0 Å². The summed E-state index contributed by atoms with van der Waals surface area (Å²) in [5, 5.41) is 19.5. The predicted molar refractivity (Wildman–Crippen MR) is 36.2 cm³/mol. The van der Waals surface area contributed by atoms with Gasteiger partial charge in [-0.05, 0) is 6.07 Å². The molecule has 0 saturated heterocycles. The molecular weight excluding hydrogens is 146 g/mol. The average molecular weight is 154 g/mol. The molecule has 0 aliphatic heterocycles. The third-order valence-corrected chi connectivity index (χ3v) is 1.27. The predicted octanol–water partition coefficient (Wildman–Crippen LogP) is -0.344. The Balaban J connectivity index is 2.99. The number of hydrogen-bond donors (Lipinski definition) is 1. The highest BCUT2D eigenvalue weighted by Gasteiger charge is 1.95.